The minimum atomic E-state index is -0.0934. The molecule has 1 unspecified atom stereocenters. The smallest absolute Gasteiger partial charge is 0.260 e. The maximum Gasteiger partial charge on any atom is 0.260 e. The molecule has 0 fully saturated rings. The predicted octanol–water partition coefficient (Wildman–Crippen LogP) is 3.95. The molecule has 0 bridgehead atoms. The van der Waals surface area contributed by atoms with Gasteiger partial charge in [0.05, 0.1) is 24.3 Å². The SMILES string of the molecule is CCOc1ccc(OCC(=O)N(CC)C(C)c2ccc(C#N)cc2)cc1. The van der Waals surface area contributed by atoms with Crippen LogP contribution in [0.25, 0.3) is 0 Å². The van der Waals surface area contributed by atoms with Crippen LogP contribution in [0.3, 0.4) is 0 Å². The first-order chi connectivity index (χ1) is 12.6. The van der Waals surface area contributed by atoms with Crippen molar-refractivity contribution >= 4 is 5.91 Å². The Morgan fingerprint density at radius 3 is 2.12 bits per heavy atom. The molecule has 0 saturated carbocycles. The Kier molecular flexibility index (Phi) is 7.04. The van der Waals surface area contributed by atoms with E-state index in [0.717, 1.165) is 11.3 Å². The van der Waals surface area contributed by atoms with Crippen LogP contribution >= 0.6 is 0 Å². The van der Waals surface area contributed by atoms with Gasteiger partial charge in [-0.3, -0.25) is 4.79 Å². The summed E-state index contributed by atoms with van der Waals surface area (Å²) in [6.45, 7) is 7.00. The molecule has 1 amide bonds. The van der Waals surface area contributed by atoms with Crippen molar-refractivity contribution in [1.82, 2.24) is 4.90 Å². The number of nitriles is 1. The van der Waals surface area contributed by atoms with Crippen LogP contribution in [0.1, 0.15) is 37.9 Å². The summed E-state index contributed by atoms with van der Waals surface area (Å²) in [4.78, 5) is 14.3. The van der Waals surface area contributed by atoms with Crippen molar-refractivity contribution in [2.75, 3.05) is 19.8 Å². The molecule has 0 N–H and O–H groups in total. The Labute approximate surface area is 154 Å². The fourth-order valence-electron chi connectivity index (χ4n) is 2.71. The van der Waals surface area contributed by atoms with Crippen molar-refractivity contribution in [3.63, 3.8) is 0 Å². The van der Waals surface area contributed by atoms with Crippen LogP contribution in [0, 0.1) is 11.3 Å². The molecule has 0 spiro atoms. The average molecular weight is 352 g/mol. The van der Waals surface area contributed by atoms with Gasteiger partial charge in [0.15, 0.2) is 6.61 Å². The number of ether oxygens (including phenoxy) is 2. The lowest BCUT2D eigenvalue weighted by Gasteiger charge is -2.28. The Hall–Kier alpha value is -3.00. The van der Waals surface area contributed by atoms with Gasteiger partial charge in [0, 0.05) is 6.54 Å². The largest absolute Gasteiger partial charge is 0.494 e. The van der Waals surface area contributed by atoms with Gasteiger partial charge in [0.1, 0.15) is 11.5 Å². The number of likely N-dealkylation sites (N-methyl/N-ethyl adjacent to an activating group) is 1. The van der Waals surface area contributed by atoms with Crippen LogP contribution in [0.4, 0.5) is 0 Å². The van der Waals surface area contributed by atoms with Gasteiger partial charge in [-0.1, -0.05) is 12.1 Å². The number of hydrogen-bond donors (Lipinski definition) is 0. The highest BCUT2D eigenvalue weighted by atomic mass is 16.5. The van der Waals surface area contributed by atoms with Gasteiger partial charge in [-0.2, -0.15) is 5.26 Å². The molecule has 5 heteroatoms. The van der Waals surface area contributed by atoms with E-state index in [9.17, 15) is 4.79 Å². The molecule has 26 heavy (non-hydrogen) atoms. The van der Waals surface area contributed by atoms with E-state index in [2.05, 4.69) is 6.07 Å². The van der Waals surface area contributed by atoms with E-state index < -0.39 is 0 Å². The molecule has 2 aromatic rings. The predicted molar refractivity (Wildman–Crippen MR) is 100 cm³/mol. The average Bonchev–Trinajstić information content (AvgIpc) is 2.68. The van der Waals surface area contributed by atoms with E-state index in [1.807, 2.05) is 45.0 Å². The number of carbonyl (C=O) groups is 1. The number of hydrogen-bond acceptors (Lipinski definition) is 4. The topological polar surface area (TPSA) is 62.6 Å². The fourth-order valence-corrected chi connectivity index (χ4v) is 2.71. The number of benzene rings is 2. The first-order valence-corrected chi connectivity index (χ1v) is 8.74. The molecule has 1 atom stereocenters. The summed E-state index contributed by atoms with van der Waals surface area (Å²) in [5, 5.41) is 8.90. The minimum Gasteiger partial charge on any atom is -0.494 e. The van der Waals surface area contributed by atoms with Crippen molar-refractivity contribution in [1.29, 1.82) is 5.26 Å². The monoisotopic (exact) mass is 352 g/mol. The number of nitrogens with zero attached hydrogens (tertiary/aromatic N) is 2. The summed E-state index contributed by atoms with van der Waals surface area (Å²) < 4.78 is 11.0. The molecule has 0 saturated heterocycles. The highest BCUT2D eigenvalue weighted by Crippen LogP contribution is 2.22. The Balaban J connectivity index is 1.97. The van der Waals surface area contributed by atoms with E-state index in [-0.39, 0.29) is 18.6 Å². The summed E-state index contributed by atoms with van der Waals surface area (Å²) in [6.07, 6.45) is 0. The molecule has 0 radical (unpaired) electrons. The van der Waals surface area contributed by atoms with Crippen LogP contribution < -0.4 is 9.47 Å². The maximum atomic E-state index is 12.6. The van der Waals surface area contributed by atoms with Gasteiger partial charge in [-0.15, -0.1) is 0 Å². The van der Waals surface area contributed by atoms with E-state index in [4.69, 9.17) is 14.7 Å². The molecule has 0 aromatic heterocycles. The Bertz CT molecular complexity index is 748. The van der Waals surface area contributed by atoms with E-state index >= 15 is 0 Å². The van der Waals surface area contributed by atoms with Crippen LogP contribution in [0.5, 0.6) is 11.5 Å². The molecule has 0 aliphatic rings. The lowest BCUT2D eigenvalue weighted by Crippen LogP contribution is -2.36. The molecule has 0 aliphatic heterocycles. The van der Waals surface area contributed by atoms with Crippen LogP contribution in [0.2, 0.25) is 0 Å². The fraction of sp³-hybridized carbons (Fsp3) is 0.333. The summed E-state index contributed by atoms with van der Waals surface area (Å²) in [6, 6.07) is 16.5. The second kappa shape index (κ2) is 9.47. The van der Waals surface area contributed by atoms with Crippen LogP contribution in [0.15, 0.2) is 48.5 Å². The normalized spacial score (nSPS) is 11.3. The second-order valence-electron chi connectivity index (χ2n) is 5.78. The Morgan fingerprint density at radius 2 is 1.62 bits per heavy atom. The van der Waals surface area contributed by atoms with Gasteiger partial charge >= 0.3 is 0 Å². The molecule has 2 rings (SSSR count). The quantitative estimate of drug-likeness (QED) is 0.722. The van der Waals surface area contributed by atoms with Gasteiger partial charge in [0.2, 0.25) is 0 Å². The highest BCUT2D eigenvalue weighted by Gasteiger charge is 2.20. The molecule has 2 aromatic carbocycles. The summed E-state index contributed by atoms with van der Waals surface area (Å²) in [5.41, 5.74) is 1.59. The maximum absolute atomic E-state index is 12.6. The van der Waals surface area contributed by atoms with E-state index in [1.165, 1.54) is 0 Å². The van der Waals surface area contributed by atoms with Crippen molar-refractivity contribution in [2.24, 2.45) is 0 Å². The third-order valence-corrected chi connectivity index (χ3v) is 4.15. The molecule has 0 aliphatic carbocycles. The third-order valence-electron chi connectivity index (χ3n) is 4.15. The van der Waals surface area contributed by atoms with Crippen molar-refractivity contribution in [3.05, 3.63) is 59.7 Å². The number of amides is 1. The number of carbonyl (C=O) groups excluding carboxylic acids is 1. The first-order valence-electron chi connectivity index (χ1n) is 8.74. The zero-order valence-corrected chi connectivity index (χ0v) is 15.4. The minimum absolute atomic E-state index is 0.0254. The highest BCUT2D eigenvalue weighted by molar-refractivity contribution is 5.78. The second-order valence-corrected chi connectivity index (χ2v) is 5.78. The summed E-state index contributed by atoms with van der Waals surface area (Å²) in [5.74, 6) is 1.32. The Morgan fingerprint density at radius 1 is 1.04 bits per heavy atom. The summed E-state index contributed by atoms with van der Waals surface area (Å²) >= 11 is 0. The third kappa shape index (κ3) is 5.00. The zero-order chi connectivity index (χ0) is 18.9. The molecule has 0 heterocycles. The molecule has 136 valence electrons. The van der Waals surface area contributed by atoms with Crippen LogP contribution in [-0.2, 0) is 4.79 Å². The molecular formula is C21H24N2O3. The van der Waals surface area contributed by atoms with Crippen molar-refractivity contribution < 1.29 is 14.3 Å². The first kappa shape index (κ1) is 19.3. The molecular weight excluding hydrogens is 328 g/mol. The van der Waals surface area contributed by atoms with Gasteiger partial charge in [0.25, 0.3) is 5.91 Å². The standard InChI is InChI=1S/C21H24N2O3/c1-4-23(16(3)18-8-6-17(14-22)7-9-18)21(24)15-26-20-12-10-19(11-13-20)25-5-2/h6-13,16H,4-5,15H2,1-3H3. The number of rotatable bonds is 8. The summed E-state index contributed by atoms with van der Waals surface area (Å²) in [7, 11) is 0. The van der Waals surface area contributed by atoms with Crippen molar-refractivity contribution in [2.45, 2.75) is 26.8 Å². The van der Waals surface area contributed by atoms with Gasteiger partial charge in [-0.05, 0) is 62.7 Å². The van der Waals surface area contributed by atoms with Crippen molar-refractivity contribution in [3.8, 4) is 17.6 Å². The van der Waals surface area contributed by atoms with Gasteiger partial charge in [-0.25, -0.2) is 0 Å². The van der Waals surface area contributed by atoms with E-state index in [0.29, 0.717) is 24.5 Å². The van der Waals surface area contributed by atoms with E-state index in [1.54, 1.807) is 29.2 Å². The molecule has 5 nitrogen and oxygen atoms in total. The van der Waals surface area contributed by atoms with Crippen LogP contribution in [-0.4, -0.2) is 30.6 Å². The lowest BCUT2D eigenvalue weighted by molar-refractivity contribution is -0.135. The van der Waals surface area contributed by atoms with Gasteiger partial charge < -0.3 is 14.4 Å². The zero-order valence-electron chi connectivity index (χ0n) is 15.4. The lowest BCUT2D eigenvalue weighted by atomic mass is 10.0.